The first-order valence-corrected chi connectivity index (χ1v) is 8.07. The lowest BCUT2D eigenvalue weighted by Gasteiger charge is -2.42. The summed E-state index contributed by atoms with van der Waals surface area (Å²) in [5.41, 5.74) is 2.64. The van der Waals surface area contributed by atoms with Gasteiger partial charge in [-0.3, -0.25) is 5.73 Å². The van der Waals surface area contributed by atoms with Gasteiger partial charge in [0.1, 0.15) is 17.2 Å². The SMILES string of the molecule is CCCCCC(O)(c1ccc(F)cc1)C(N)(O)c1ccc(F)cc1. The van der Waals surface area contributed by atoms with E-state index in [-0.39, 0.29) is 12.0 Å². The average Bonchev–Trinajstić information content (AvgIpc) is 2.55. The maximum absolute atomic E-state index is 13.2. The molecule has 5 heteroatoms. The van der Waals surface area contributed by atoms with Crippen LogP contribution in [-0.2, 0) is 11.3 Å². The van der Waals surface area contributed by atoms with Gasteiger partial charge in [0, 0.05) is 5.56 Å². The van der Waals surface area contributed by atoms with Gasteiger partial charge in [-0.2, -0.15) is 0 Å². The summed E-state index contributed by atoms with van der Waals surface area (Å²) in [5, 5.41) is 22.2. The van der Waals surface area contributed by atoms with Crippen molar-refractivity contribution >= 4 is 0 Å². The Morgan fingerprint density at radius 2 is 1.29 bits per heavy atom. The van der Waals surface area contributed by atoms with Crippen molar-refractivity contribution in [3.8, 4) is 0 Å². The molecule has 2 unspecified atom stereocenters. The molecule has 0 heterocycles. The van der Waals surface area contributed by atoms with Crippen LogP contribution in [0.4, 0.5) is 8.78 Å². The molecule has 0 aromatic heterocycles. The van der Waals surface area contributed by atoms with Crippen molar-refractivity contribution in [2.24, 2.45) is 5.73 Å². The first-order valence-electron chi connectivity index (χ1n) is 8.07. The fourth-order valence-electron chi connectivity index (χ4n) is 2.85. The van der Waals surface area contributed by atoms with E-state index in [1.54, 1.807) is 0 Å². The summed E-state index contributed by atoms with van der Waals surface area (Å²) >= 11 is 0. The number of halogens is 2. The molecule has 2 aromatic rings. The number of aliphatic hydroxyl groups is 2. The summed E-state index contributed by atoms with van der Waals surface area (Å²) in [7, 11) is 0. The molecule has 0 saturated heterocycles. The summed E-state index contributed by atoms with van der Waals surface area (Å²) in [5.74, 6) is -0.914. The number of hydrogen-bond donors (Lipinski definition) is 3. The van der Waals surface area contributed by atoms with Gasteiger partial charge in [-0.15, -0.1) is 0 Å². The fraction of sp³-hybridized carbons (Fsp3) is 0.368. The number of rotatable bonds is 7. The Morgan fingerprint density at radius 3 is 1.75 bits per heavy atom. The largest absolute Gasteiger partial charge is 0.380 e. The molecule has 130 valence electrons. The van der Waals surface area contributed by atoms with Crippen molar-refractivity contribution < 1.29 is 19.0 Å². The standard InChI is InChI=1S/C19H23F2NO2/c1-2-3-4-13-18(23,14-5-9-16(20)10-6-14)19(22,24)15-7-11-17(21)12-8-15/h5-12,23-24H,2-4,13,22H2,1H3. The predicted octanol–water partition coefficient (Wildman–Crippen LogP) is 3.54. The minimum absolute atomic E-state index is 0.187. The summed E-state index contributed by atoms with van der Waals surface area (Å²) < 4.78 is 26.4. The van der Waals surface area contributed by atoms with Crippen molar-refractivity contribution in [1.29, 1.82) is 0 Å². The van der Waals surface area contributed by atoms with Gasteiger partial charge >= 0.3 is 0 Å². The second-order valence-electron chi connectivity index (χ2n) is 6.10. The molecule has 0 aliphatic rings. The quantitative estimate of drug-likeness (QED) is 0.536. The first-order chi connectivity index (χ1) is 11.3. The minimum atomic E-state index is -2.15. The highest BCUT2D eigenvalue weighted by Crippen LogP contribution is 2.41. The first kappa shape index (κ1) is 18.5. The molecule has 2 rings (SSSR count). The maximum atomic E-state index is 13.2. The Balaban J connectivity index is 2.47. The lowest BCUT2D eigenvalue weighted by molar-refractivity contribution is -0.167. The third-order valence-corrected chi connectivity index (χ3v) is 4.38. The van der Waals surface area contributed by atoms with Gasteiger partial charge in [-0.05, 0) is 36.2 Å². The van der Waals surface area contributed by atoms with Gasteiger partial charge in [-0.1, -0.05) is 50.5 Å². The smallest absolute Gasteiger partial charge is 0.173 e. The molecular formula is C19H23F2NO2. The lowest BCUT2D eigenvalue weighted by atomic mass is 9.76. The van der Waals surface area contributed by atoms with Gasteiger partial charge in [-0.25, -0.2) is 8.78 Å². The van der Waals surface area contributed by atoms with Crippen LogP contribution < -0.4 is 5.73 Å². The molecule has 2 atom stereocenters. The Kier molecular flexibility index (Phi) is 5.70. The molecule has 0 aliphatic carbocycles. The Bertz CT molecular complexity index is 656. The van der Waals surface area contributed by atoms with E-state index in [1.165, 1.54) is 48.5 Å². The molecule has 0 spiro atoms. The van der Waals surface area contributed by atoms with E-state index in [9.17, 15) is 19.0 Å². The molecular weight excluding hydrogens is 312 g/mol. The van der Waals surface area contributed by atoms with Gasteiger partial charge in [0.05, 0.1) is 0 Å². The highest BCUT2D eigenvalue weighted by Gasteiger charge is 2.48. The molecule has 4 N–H and O–H groups in total. The van der Waals surface area contributed by atoms with E-state index in [2.05, 4.69) is 0 Å². The zero-order valence-corrected chi connectivity index (χ0v) is 13.7. The normalized spacial score (nSPS) is 16.4. The van der Waals surface area contributed by atoms with Crippen LogP contribution in [-0.4, -0.2) is 10.2 Å². The Hall–Kier alpha value is -1.82. The van der Waals surface area contributed by atoms with E-state index >= 15 is 0 Å². The molecule has 0 saturated carbocycles. The summed E-state index contributed by atoms with van der Waals surface area (Å²) in [6.45, 7) is 2.02. The molecule has 0 radical (unpaired) electrons. The van der Waals surface area contributed by atoms with Crippen molar-refractivity contribution in [3.63, 3.8) is 0 Å². The molecule has 0 fully saturated rings. The van der Waals surface area contributed by atoms with Crippen molar-refractivity contribution in [2.45, 2.75) is 43.9 Å². The Labute approximate surface area is 140 Å². The van der Waals surface area contributed by atoms with E-state index in [4.69, 9.17) is 5.73 Å². The topological polar surface area (TPSA) is 66.5 Å². The molecule has 3 nitrogen and oxygen atoms in total. The highest BCUT2D eigenvalue weighted by atomic mass is 19.1. The van der Waals surface area contributed by atoms with E-state index in [1.807, 2.05) is 6.92 Å². The molecule has 0 amide bonds. The van der Waals surface area contributed by atoms with Gasteiger partial charge in [0.15, 0.2) is 5.72 Å². The number of unbranched alkanes of at least 4 members (excludes halogenated alkanes) is 2. The van der Waals surface area contributed by atoms with E-state index in [0.29, 0.717) is 12.0 Å². The second kappa shape index (κ2) is 7.38. The average molecular weight is 335 g/mol. The summed E-state index contributed by atoms with van der Waals surface area (Å²) in [6.07, 6.45) is 2.60. The van der Waals surface area contributed by atoms with Gasteiger partial charge in [0.25, 0.3) is 0 Å². The third kappa shape index (κ3) is 3.64. The fourth-order valence-corrected chi connectivity index (χ4v) is 2.85. The van der Waals surface area contributed by atoms with Gasteiger partial charge < -0.3 is 10.2 Å². The molecule has 24 heavy (non-hydrogen) atoms. The summed E-state index contributed by atoms with van der Waals surface area (Å²) in [4.78, 5) is 0. The second-order valence-corrected chi connectivity index (χ2v) is 6.10. The molecule has 2 aromatic carbocycles. The minimum Gasteiger partial charge on any atom is -0.380 e. The monoisotopic (exact) mass is 335 g/mol. The van der Waals surface area contributed by atoms with Crippen LogP contribution in [0.3, 0.4) is 0 Å². The van der Waals surface area contributed by atoms with Crippen LogP contribution >= 0.6 is 0 Å². The molecule has 0 bridgehead atoms. The van der Waals surface area contributed by atoms with Crippen molar-refractivity contribution in [1.82, 2.24) is 0 Å². The highest BCUT2D eigenvalue weighted by molar-refractivity contribution is 5.33. The van der Waals surface area contributed by atoms with Crippen LogP contribution in [0.1, 0.15) is 43.7 Å². The zero-order chi connectivity index (χ0) is 17.8. The number of benzene rings is 2. The van der Waals surface area contributed by atoms with E-state index < -0.39 is 23.0 Å². The number of hydrogen-bond acceptors (Lipinski definition) is 3. The number of nitrogens with two attached hydrogens (primary N) is 1. The van der Waals surface area contributed by atoms with Crippen molar-refractivity contribution in [2.75, 3.05) is 0 Å². The predicted molar refractivity (Wildman–Crippen MR) is 88.9 cm³/mol. The van der Waals surface area contributed by atoms with E-state index in [0.717, 1.165) is 12.8 Å². The van der Waals surface area contributed by atoms with Crippen LogP contribution in [0, 0.1) is 11.6 Å². The van der Waals surface area contributed by atoms with Crippen LogP contribution in [0.2, 0.25) is 0 Å². The maximum Gasteiger partial charge on any atom is 0.173 e. The lowest BCUT2D eigenvalue weighted by Crippen LogP contribution is -2.56. The third-order valence-electron chi connectivity index (χ3n) is 4.38. The Morgan fingerprint density at radius 1 is 0.833 bits per heavy atom. The van der Waals surface area contributed by atoms with Crippen LogP contribution in [0.25, 0.3) is 0 Å². The van der Waals surface area contributed by atoms with Gasteiger partial charge in [0.2, 0.25) is 0 Å². The van der Waals surface area contributed by atoms with Crippen LogP contribution in [0.15, 0.2) is 48.5 Å². The van der Waals surface area contributed by atoms with Crippen LogP contribution in [0.5, 0.6) is 0 Å². The van der Waals surface area contributed by atoms with Crippen molar-refractivity contribution in [3.05, 3.63) is 71.3 Å². The zero-order valence-electron chi connectivity index (χ0n) is 13.7. The molecule has 0 aliphatic heterocycles. The summed E-state index contributed by atoms with van der Waals surface area (Å²) in [6, 6.07) is 10.2.